The molecule has 0 saturated carbocycles. The zero-order chi connectivity index (χ0) is 19.3. The van der Waals surface area contributed by atoms with E-state index in [1.165, 1.54) is 37.5 Å². The predicted octanol–water partition coefficient (Wildman–Crippen LogP) is 4.31. The summed E-state index contributed by atoms with van der Waals surface area (Å²) in [5.41, 5.74) is 0.616. The fourth-order valence-corrected chi connectivity index (χ4v) is 3.65. The number of amides is 2. The molecular formula is C17H21ClN4O3S. The van der Waals surface area contributed by atoms with Crippen molar-refractivity contribution in [2.45, 2.75) is 39.5 Å². The van der Waals surface area contributed by atoms with E-state index in [0.717, 1.165) is 17.8 Å². The summed E-state index contributed by atoms with van der Waals surface area (Å²) in [6.07, 6.45) is 1.93. The summed E-state index contributed by atoms with van der Waals surface area (Å²) in [5.74, 6) is -0.0567. The Morgan fingerprint density at radius 3 is 2.50 bits per heavy atom. The van der Waals surface area contributed by atoms with Gasteiger partial charge in [-0.25, -0.2) is 0 Å². The maximum absolute atomic E-state index is 12.6. The zero-order valence-corrected chi connectivity index (χ0v) is 16.6. The summed E-state index contributed by atoms with van der Waals surface area (Å²) in [6.45, 7) is 5.56. The first-order chi connectivity index (χ1) is 12.4. The average Bonchev–Trinajstić information content (AvgIpc) is 3.05. The number of hydrogen-bond acceptors (Lipinski definition) is 6. The normalized spacial score (nSPS) is 10.7. The fourth-order valence-electron chi connectivity index (χ4n) is 2.44. The third kappa shape index (κ3) is 4.70. The van der Waals surface area contributed by atoms with Gasteiger partial charge in [0.15, 0.2) is 0 Å². The summed E-state index contributed by atoms with van der Waals surface area (Å²) in [5, 5.41) is 15.1. The van der Waals surface area contributed by atoms with Crippen molar-refractivity contribution in [3.8, 4) is 5.75 Å². The smallest absolute Gasteiger partial charge is 0.261 e. The molecule has 0 bridgehead atoms. The van der Waals surface area contributed by atoms with Crippen LogP contribution in [-0.2, 0) is 4.79 Å². The fraction of sp³-hybridized carbons (Fsp3) is 0.412. The first-order valence-electron chi connectivity index (χ1n) is 8.19. The Morgan fingerprint density at radius 2 is 1.92 bits per heavy atom. The first kappa shape index (κ1) is 20.1. The van der Waals surface area contributed by atoms with Gasteiger partial charge in [-0.2, -0.15) is 0 Å². The van der Waals surface area contributed by atoms with Crippen LogP contribution in [-0.4, -0.2) is 29.1 Å². The van der Waals surface area contributed by atoms with E-state index in [0.29, 0.717) is 22.5 Å². The van der Waals surface area contributed by atoms with Crippen molar-refractivity contribution in [2.24, 2.45) is 0 Å². The van der Waals surface area contributed by atoms with E-state index in [2.05, 4.69) is 34.7 Å². The number of halogens is 1. The maximum Gasteiger partial charge on any atom is 0.261 e. The molecule has 0 aliphatic carbocycles. The average molecular weight is 397 g/mol. The van der Waals surface area contributed by atoms with Gasteiger partial charge < -0.3 is 10.1 Å². The molecule has 1 heterocycles. The van der Waals surface area contributed by atoms with Crippen LogP contribution in [0.4, 0.5) is 10.8 Å². The Balaban J connectivity index is 2.24. The molecule has 0 aliphatic heterocycles. The molecule has 2 aromatic rings. The second kappa shape index (κ2) is 8.95. The van der Waals surface area contributed by atoms with E-state index >= 15 is 0 Å². The molecule has 26 heavy (non-hydrogen) atoms. The molecule has 0 radical (unpaired) electrons. The van der Waals surface area contributed by atoms with Crippen LogP contribution in [0.1, 0.15) is 54.9 Å². The molecule has 0 fully saturated rings. The molecule has 140 valence electrons. The van der Waals surface area contributed by atoms with Crippen LogP contribution in [0.25, 0.3) is 0 Å². The van der Waals surface area contributed by atoms with Gasteiger partial charge in [0.05, 0.1) is 23.4 Å². The van der Waals surface area contributed by atoms with Crippen LogP contribution in [0, 0.1) is 0 Å². The van der Waals surface area contributed by atoms with Crippen molar-refractivity contribution in [1.29, 1.82) is 0 Å². The van der Waals surface area contributed by atoms with Gasteiger partial charge in [0.25, 0.3) is 5.91 Å². The highest BCUT2D eigenvalue weighted by atomic mass is 35.5. The van der Waals surface area contributed by atoms with E-state index in [-0.39, 0.29) is 16.5 Å². The molecule has 0 atom stereocenters. The zero-order valence-electron chi connectivity index (χ0n) is 15.1. The van der Waals surface area contributed by atoms with Gasteiger partial charge in [-0.05, 0) is 18.9 Å². The molecule has 2 rings (SSSR count). The number of carbonyl (C=O) groups is 2. The summed E-state index contributed by atoms with van der Waals surface area (Å²) in [6, 6.07) is 2.96. The topological polar surface area (TPSA) is 93.2 Å². The highest BCUT2D eigenvalue weighted by molar-refractivity contribution is 7.15. The SMILES string of the molecule is CCC(CC)c1nnc(NC(=O)c2cc(Cl)c(NC(C)=O)cc2OC)s1. The van der Waals surface area contributed by atoms with Crippen molar-refractivity contribution in [3.05, 3.63) is 27.7 Å². The summed E-state index contributed by atoms with van der Waals surface area (Å²) < 4.78 is 5.26. The van der Waals surface area contributed by atoms with Gasteiger partial charge in [-0.15, -0.1) is 10.2 Å². The van der Waals surface area contributed by atoms with Gasteiger partial charge in [0.1, 0.15) is 10.8 Å². The number of nitrogens with one attached hydrogen (secondary N) is 2. The molecule has 0 aliphatic rings. The number of benzene rings is 1. The van der Waals surface area contributed by atoms with E-state index in [1.54, 1.807) is 0 Å². The lowest BCUT2D eigenvalue weighted by Crippen LogP contribution is -2.14. The largest absolute Gasteiger partial charge is 0.496 e. The first-order valence-corrected chi connectivity index (χ1v) is 9.38. The molecule has 0 spiro atoms. The Hall–Kier alpha value is -2.19. The maximum atomic E-state index is 12.6. The van der Waals surface area contributed by atoms with E-state index in [9.17, 15) is 9.59 Å². The number of carbonyl (C=O) groups excluding carboxylic acids is 2. The summed E-state index contributed by atoms with van der Waals surface area (Å²) in [7, 11) is 1.44. The van der Waals surface area contributed by atoms with Gasteiger partial charge in [-0.1, -0.05) is 36.8 Å². The summed E-state index contributed by atoms with van der Waals surface area (Å²) >= 11 is 7.51. The summed E-state index contributed by atoms with van der Waals surface area (Å²) in [4.78, 5) is 23.8. The number of aromatic nitrogens is 2. The number of nitrogens with zero attached hydrogens (tertiary/aromatic N) is 2. The van der Waals surface area contributed by atoms with Crippen molar-refractivity contribution in [1.82, 2.24) is 10.2 Å². The highest BCUT2D eigenvalue weighted by Gasteiger charge is 2.19. The number of ether oxygens (including phenoxy) is 1. The lowest BCUT2D eigenvalue weighted by Gasteiger charge is -2.12. The Morgan fingerprint density at radius 1 is 1.23 bits per heavy atom. The van der Waals surface area contributed by atoms with Crippen molar-refractivity contribution >= 4 is 45.6 Å². The molecule has 1 aromatic carbocycles. The van der Waals surface area contributed by atoms with E-state index in [4.69, 9.17) is 16.3 Å². The van der Waals surface area contributed by atoms with Crippen molar-refractivity contribution < 1.29 is 14.3 Å². The minimum atomic E-state index is -0.412. The van der Waals surface area contributed by atoms with Crippen LogP contribution in [0.15, 0.2) is 12.1 Å². The van der Waals surface area contributed by atoms with E-state index < -0.39 is 5.91 Å². The van der Waals surface area contributed by atoms with Gasteiger partial charge in [0, 0.05) is 18.9 Å². The molecular weight excluding hydrogens is 376 g/mol. The standard InChI is InChI=1S/C17H21ClN4O3S/c1-5-10(6-2)16-21-22-17(26-16)20-15(24)11-7-12(18)13(19-9(3)23)8-14(11)25-4/h7-8,10H,5-6H2,1-4H3,(H,19,23)(H,20,22,24). The second-order valence-corrected chi connectivity index (χ2v) is 7.04. The number of methoxy groups -OCH3 is 1. The third-order valence-electron chi connectivity index (χ3n) is 3.84. The minimum Gasteiger partial charge on any atom is -0.496 e. The molecule has 1 aromatic heterocycles. The third-order valence-corrected chi connectivity index (χ3v) is 5.15. The highest BCUT2D eigenvalue weighted by Crippen LogP contribution is 2.32. The quantitative estimate of drug-likeness (QED) is 0.727. The predicted molar refractivity (Wildman–Crippen MR) is 103 cm³/mol. The minimum absolute atomic E-state index is 0.237. The van der Waals surface area contributed by atoms with Gasteiger partial charge >= 0.3 is 0 Å². The van der Waals surface area contributed by atoms with Gasteiger partial charge in [0.2, 0.25) is 11.0 Å². The number of anilines is 2. The molecule has 2 amide bonds. The molecule has 0 saturated heterocycles. The molecule has 2 N–H and O–H groups in total. The van der Waals surface area contributed by atoms with Crippen molar-refractivity contribution in [2.75, 3.05) is 17.7 Å². The van der Waals surface area contributed by atoms with Gasteiger partial charge in [-0.3, -0.25) is 14.9 Å². The molecule has 7 nitrogen and oxygen atoms in total. The van der Waals surface area contributed by atoms with Crippen LogP contribution in [0.5, 0.6) is 5.75 Å². The Labute approximate surface area is 161 Å². The number of hydrogen-bond donors (Lipinski definition) is 2. The van der Waals surface area contributed by atoms with Crippen LogP contribution in [0.2, 0.25) is 5.02 Å². The lowest BCUT2D eigenvalue weighted by atomic mass is 10.1. The van der Waals surface area contributed by atoms with Crippen molar-refractivity contribution in [3.63, 3.8) is 0 Å². The molecule has 9 heteroatoms. The van der Waals surface area contributed by atoms with Crippen LogP contribution in [0.3, 0.4) is 0 Å². The lowest BCUT2D eigenvalue weighted by molar-refractivity contribution is -0.114. The Bertz CT molecular complexity index is 805. The van der Waals surface area contributed by atoms with E-state index in [1.807, 2.05) is 0 Å². The monoisotopic (exact) mass is 396 g/mol. The Kier molecular flexibility index (Phi) is 6.93. The molecule has 0 unspecified atom stereocenters. The second-order valence-electron chi connectivity index (χ2n) is 5.63. The number of rotatable bonds is 7. The van der Waals surface area contributed by atoms with Crippen LogP contribution < -0.4 is 15.4 Å². The van der Waals surface area contributed by atoms with Crippen LogP contribution >= 0.6 is 22.9 Å².